The molecule has 76 valence electrons. The highest BCUT2D eigenvalue weighted by atomic mass is 16.3. The minimum Gasteiger partial charge on any atom is -0.507 e. The Morgan fingerprint density at radius 1 is 1.14 bits per heavy atom. The van der Waals surface area contributed by atoms with Gasteiger partial charge in [-0.05, 0) is 43.4 Å². The minimum absolute atomic E-state index is 0.182. The Hall–Kier alpha value is -1.02. The fraction of sp³-hybridized carbons (Fsp3) is 0.500. The molecule has 0 saturated heterocycles. The Balaban J connectivity index is 2.35. The molecule has 2 heteroatoms. The molecule has 1 aromatic carbocycles. The van der Waals surface area contributed by atoms with E-state index in [4.69, 9.17) is 0 Å². The van der Waals surface area contributed by atoms with Gasteiger partial charge >= 0.3 is 0 Å². The largest absolute Gasteiger partial charge is 0.507 e. The average Bonchev–Trinajstić information content (AvgIpc) is 2.11. The van der Waals surface area contributed by atoms with Crippen LogP contribution >= 0.6 is 0 Å². The van der Waals surface area contributed by atoms with E-state index in [1.807, 2.05) is 26.0 Å². The lowest BCUT2D eigenvalue weighted by Gasteiger charge is -2.33. The second-order valence-electron chi connectivity index (χ2n) is 4.25. The Kier molecular flexibility index (Phi) is 2.23. The summed E-state index contributed by atoms with van der Waals surface area (Å²) in [6.45, 7) is 3.80. The molecule has 0 heterocycles. The number of hydrogen-bond acceptors (Lipinski definition) is 2. The Labute approximate surface area is 84.2 Å². The van der Waals surface area contributed by atoms with Crippen LogP contribution < -0.4 is 0 Å². The van der Waals surface area contributed by atoms with Gasteiger partial charge < -0.3 is 10.2 Å². The van der Waals surface area contributed by atoms with Crippen molar-refractivity contribution in [1.29, 1.82) is 0 Å². The van der Waals surface area contributed by atoms with Gasteiger partial charge in [-0.25, -0.2) is 0 Å². The predicted molar refractivity (Wildman–Crippen MR) is 55.6 cm³/mol. The zero-order valence-electron chi connectivity index (χ0n) is 8.62. The molecule has 2 unspecified atom stereocenters. The molecule has 2 nitrogen and oxygen atoms in total. The lowest BCUT2D eigenvalue weighted by atomic mass is 9.76. The van der Waals surface area contributed by atoms with Crippen molar-refractivity contribution < 1.29 is 10.2 Å². The van der Waals surface area contributed by atoms with Gasteiger partial charge in [-0.2, -0.15) is 0 Å². The predicted octanol–water partition coefficient (Wildman–Crippen LogP) is 2.25. The van der Waals surface area contributed by atoms with Crippen molar-refractivity contribution in [2.75, 3.05) is 0 Å². The van der Waals surface area contributed by atoms with Gasteiger partial charge in [0.2, 0.25) is 0 Å². The van der Waals surface area contributed by atoms with E-state index < -0.39 is 0 Å². The molecule has 0 amide bonds. The van der Waals surface area contributed by atoms with Crippen LogP contribution in [0, 0.1) is 13.8 Å². The van der Waals surface area contributed by atoms with Gasteiger partial charge in [-0.15, -0.1) is 0 Å². The quantitative estimate of drug-likeness (QED) is 0.716. The molecule has 1 saturated carbocycles. The second-order valence-corrected chi connectivity index (χ2v) is 4.25. The molecule has 0 bridgehead atoms. The lowest BCUT2D eigenvalue weighted by molar-refractivity contribution is 0.0661. The van der Waals surface area contributed by atoms with E-state index in [0.717, 1.165) is 29.5 Å². The molecule has 0 aromatic heterocycles. The molecule has 0 spiro atoms. The standard InChI is InChI=1S/C12H16O2/c1-7-5-9(6-8(2)12(7)14)10-3-4-11(10)13/h5-6,10-11,13-14H,3-4H2,1-2H3. The van der Waals surface area contributed by atoms with E-state index >= 15 is 0 Å². The van der Waals surface area contributed by atoms with Crippen LogP contribution in [0.15, 0.2) is 12.1 Å². The van der Waals surface area contributed by atoms with Gasteiger partial charge in [0.05, 0.1) is 6.10 Å². The molecule has 2 N–H and O–H groups in total. The summed E-state index contributed by atoms with van der Waals surface area (Å²) in [4.78, 5) is 0. The number of aliphatic hydroxyl groups excluding tert-OH is 1. The van der Waals surface area contributed by atoms with Gasteiger partial charge in [-0.3, -0.25) is 0 Å². The number of aliphatic hydroxyl groups is 1. The molecule has 1 aliphatic rings. The summed E-state index contributed by atoms with van der Waals surface area (Å²) < 4.78 is 0. The molecule has 2 atom stereocenters. The van der Waals surface area contributed by atoms with Crippen LogP contribution in [-0.4, -0.2) is 16.3 Å². The molecule has 14 heavy (non-hydrogen) atoms. The van der Waals surface area contributed by atoms with Crippen molar-refractivity contribution in [1.82, 2.24) is 0 Å². The average molecular weight is 192 g/mol. The molecule has 0 aliphatic heterocycles. The van der Waals surface area contributed by atoms with E-state index in [2.05, 4.69) is 0 Å². The number of aryl methyl sites for hydroxylation is 2. The highest BCUT2D eigenvalue weighted by Gasteiger charge is 2.30. The summed E-state index contributed by atoms with van der Waals surface area (Å²) in [5, 5.41) is 19.2. The number of hydrogen-bond donors (Lipinski definition) is 2. The normalized spacial score (nSPS) is 25.9. The van der Waals surface area contributed by atoms with Gasteiger partial charge in [-0.1, -0.05) is 12.1 Å². The van der Waals surface area contributed by atoms with E-state index in [1.54, 1.807) is 0 Å². The topological polar surface area (TPSA) is 40.5 Å². The lowest BCUT2D eigenvalue weighted by Crippen LogP contribution is -2.28. The number of rotatable bonds is 1. The smallest absolute Gasteiger partial charge is 0.121 e. The van der Waals surface area contributed by atoms with Crippen molar-refractivity contribution in [3.63, 3.8) is 0 Å². The second kappa shape index (κ2) is 3.28. The number of phenolic OH excluding ortho intramolecular Hbond substituents is 1. The summed E-state index contributed by atoms with van der Waals surface area (Å²) >= 11 is 0. The Morgan fingerprint density at radius 3 is 2.07 bits per heavy atom. The van der Waals surface area contributed by atoms with Gasteiger partial charge in [0.1, 0.15) is 5.75 Å². The third kappa shape index (κ3) is 1.40. The van der Waals surface area contributed by atoms with Crippen LogP contribution in [0.5, 0.6) is 5.75 Å². The monoisotopic (exact) mass is 192 g/mol. The van der Waals surface area contributed by atoms with Crippen LogP contribution in [0.4, 0.5) is 0 Å². The molecule has 2 rings (SSSR count). The fourth-order valence-electron chi connectivity index (χ4n) is 2.07. The Morgan fingerprint density at radius 2 is 1.71 bits per heavy atom. The van der Waals surface area contributed by atoms with E-state index in [1.165, 1.54) is 0 Å². The maximum atomic E-state index is 9.61. The molecular weight excluding hydrogens is 176 g/mol. The van der Waals surface area contributed by atoms with Crippen LogP contribution in [0.1, 0.15) is 35.4 Å². The number of aromatic hydroxyl groups is 1. The van der Waals surface area contributed by atoms with Crippen molar-refractivity contribution in [3.05, 3.63) is 28.8 Å². The van der Waals surface area contributed by atoms with Gasteiger partial charge in [0.25, 0.3) is 0 Å². The molecule has 1 fully saturated rings. The first-order valence-corrected chi connectivity index (χ1v) is 5.08. The third-order valence-corrected chi connectivity index (χ3v) is 3.18. The van der Waals surface area contributed by atoms with Gasteiger partial charge in [0.15, 0.2) is 0 Å². The van der Waals surface area contributed by atoms with Crippen molar-refractivity contribution in [2.24, 2.45) is 0 Å². The van der Waals surface area contributed by atoms with Crippen molar-refractivity contribution in [3.8, 4) is 5.75 Å². The summed E-state index contributed by atoms with van der Waals surface area (Å²) in [5.74, 6) is 0.663. The highest BCUT2D eigenvalue weighted by Crippen LogP contribution is 2.39. The van der Waals surface area contributed by atoms with E-state index in [-0.39, 0.29) is 12.0 Å². The van der Waals surface area contributed by atoms with Gasteiger partial charge in [0, 0.05) is 5.92 Å². The number of phenols is 1. The fourth-order valence-corrected chi connectivity index (χ4v) is 2.07. The Bertz CT molecular complexity index is 334. The van der Waals surface area contributed by atoms with Crippen molar-refractivity contribution in [2.45, 2.75) is 38.7 Å². The van der Waals surface area contributed by atoms with Crippen LogP contribution in [-0.2, 0) is 0 Å². The molecular formula is C12H16O2. The zero-order chi connectivity index (χ0) is 10.3. The first kappa shape index (κ1) is 9.53. The maximum absolute atomic E-state index is 9.61. The molecule has 0 radical (unpaired) electrons. The molecule has 1 aliphatic carbocycles. The minimum atomic E-state index is -0.182. The molecule has 1 aromatic rings. The summed E-state index contributed by atoms with van der Waals surface area (Å²) in [6.07, 6.45) is 1.78. The van der Waals surface area contributed by atoms with Crippen LogP contribution in [0.2, 0.25) is 0 Å². The maximum Gasteiger partial charge on any atom is 0.121 e. The summed E-state index contributed by atoms with van der Waals surface area (Å²) in [7, 11) is 0. The van der Waals surface area contributed by atoms with Crippen molar-refractivity contribution >= 4 is 0 Å². The summed E-state index contributed by atoms with van der Waals surface area (Å²) in [5.41, 5.74) is 2.97. The third-order valence-electron chi connectivity index (χ3n) is 3.18. The van der Waals surface area contributed by atoms with Crippen LogP contribution in [0.25, 0.3) is 0 Å². The SMILES string of the molecule is Cc1cc(C2CCC2O)cc(C)c1O. The summed E-state index contributed by atoms with van der Waals surface area (Å²) in [6, 6.07) is 3.96. The highest BCUT2D eigenvalue weighted by molar-refractivity contribution is 5.43. The van der Waals surface area contributed by atoms with E-state index in [9.17, 15) is 10.2 Å². The number of benzene rings is 1. The zero-order valence-corrected chi connectivity index (χ0v) is 8.62. The first-order valence-electron chi connectivity index (χ1n) is 5.08. The first-order chi connectivity index (χ1) is 6.59. The van der Waals surface area contributed by atoms with E-state index in [0.29, 0.717) is 5.75 Å². The van der Waals surface area contributed by atoms with Crippen LogP contribution in [0.3, 0.4) is 0 Å².